The van der Waals surface area contributed by atoms with Crippen LogP contribution in [0.3, 0.4) is 0 Å². The predicted octanol–water partition coefficient (Wildman–Crippen LogP) is 3.07. The number of aromatic nitrogens is 2. The number of hydrogen-bond acceptors (Lipinski definition) is 5. The van der Waals surface area contributed by atoms with E-state index in [0.717, 1.165) is 27.8 Å². The predicted molar refractivity (Wildman–Crippen MR) is 89.6 cm³/mol. The van der Waals surface area contributed by atoms with Crippen LogP contribution in [0, 0.1) is 0 Å². The van der Waals surface area contributed by atoms with Crippen molar-refractivity contribution in [1.82, 2.24) is 9.97 Å². The lowest BCUT2D eigenvalue weighted by Gasteiger charge is -2.09. The summed E-state index contributed by atoms with van der Waals surface area (Å²) >= 11 is 0. The SMILES string of the molecule is CNc1nc(-c2cccc(COC)c2)nc2cc(N)ccc12. The van der Waals surface area contributed by atoms with E-state index in [0.29, 0.717) is 18.1 Å². The van der Waals surface area contributed by atoms with E-state index in [1.165, 1.54) is 0 Å². The fourth-order valence-electron chi connectivity index (χ4n) is 2.43. The number of nitrogens with two attached hydrogens (primary N) is 1. The number of methoxy groups -OCH3 is 1. The largest absolute Gasteiger partial charge is 0.399 e. The second-order valence-corrected chi connectivity index (χ2v) is 5.06. The van der Waals surface area contributed by atoms with Crippen LogP contribution in [-0.4, -0.2) is 24.1 Å². The molecule has 0 aliphatic heterocycles. The minimum Gasteiger partial charge on any atom is -0.399 e. The molecule has 0 radical (unpaired) electrons. The van der Waals surface area contributed by atoms with Gasteiger partial charge in [-0.2, -0.15) is 0 Å². The Morgan fingerprint density at radius 3 is 2.77 bits per heavy atom. The van der Waals surface area contributed by atoms with Gasteiger partial charge in [0, 0.05) is 30.8 Å². The Hall–Kier alpha value is -2.66. The molecule has 22 heavy (non-hydrogen) atoms. The average molecular weight is 294 g/mol. The highest BCUT2D eigenvalue weighted by atomic mass is 16.5. The Labute approximate surface area is 129 Å². The number of fused-ring (bicyclic) bond motifs is 1. The summed E-state index contributed by atoms with van der Waals surface area (Å²) in [5.74, 6) is 1.46. The summed E-state index contributed by atoms with van der Waals surface area (Å²) in [5.41, 5.74) is 9.42. The fraction of sp³-hybridized carbons (Fsp3) is 0.176. The Bertz CT molecular complexity index is 817. The zero-order valence-corrected chi connectivity index (χ0v) is 12.6. The Morgan fingerprint density at radius 2 is 2.00 bits per heavy atom. The summed E-state index contributed by atoms with van der Waals surface area (Å²) in [7, 11) is 3.53. The van der Waals surface area contributed by atoms with E-state index in [2.05, 4.69) is 15.3 Å². The van der Waals surface area contributed by atoms with Crippen molar-refractivity contribution in [1.29, 1.82) is 0 Å². The molecule has 112 valence electrons. The molecule has 0 unspecified atom stereocenters. The van der Waals surface area contributed by atoms with Gasteiger partial charge in [-0.05, 0) is 29.8 Å². The second-order valence-electron chi connectivity index (χ2n) is 5.06. The Morgan fingerprint density at radius 1 is 1.14 bits per heavy atom. The highest BCUT2D eigenvalue weighted by Gasteiger charge is 2.09. The zero-order valence-electron chi connectivity index (χ0n) is 12.6. The smallest absolute Gasteiger partial charge is 0.162 e. The molecule has 5 nitrogen and oxygen atoms in total. The van der Waals surface area contributed by atoms with Crippen LogP contribution in [0.25, 0.3) is 22.3 Å². The van der Waals surface area contributed by atoms with E-state index in [4.69, 9.17) is 10.5 Å². The molecule has 0 atom stereocenters. The average Bonchev–Trinajstić information content (AvgIpc) is 2.54. The number of rotatable bonds is 4. The highest BCUT2D eigenvalue weighted by Crippen LogP contribution is 2.26. The lowest BCUT2D eigenvalue weighted by atomic mass is 10.1. The third-order valence-electron chi connectivity index (χ3n) is 3.45. The van der Waals surface area contributed by atoms with Crippen molar-refractivity contribution >= 4 is 22.4 Å². The molecule has 3 rings (SSSR count). The first-order valence-electron chi connectivity index (χ1n) is 7.04. The third-order valence-corrected chi connectivity index (χ3v) is 3.45. The van der Waals surface area contributed by atoms with Gasteiger partial charge in [-0.15, -0.1) is 0 Å². The quantitative estimate of drug-likeness (QED) is 0.723. The molecule has 0 spiro atoms. The number of nitrogens with one attached hydrogen (secondary N) is 1. The van der Waals surface area contributed by atoms with Gasteiger partial charge < -0.3 is 15.8 Å². The first-order valence-corrected chi connectivity index (χ1v) is 7.04. The van der Waals surface area contributed by atoms with Gasteiger partial charge in [-0.3, -0.25) is 0 Å². The molecule has 0 saturated carbocycles. The minimum absolute atomic E-state index is 0.563. The summed E-state index contributed by atoms with van der Waals surface area (Å²) < 4.78 is 5.18. The zero-order chi connectivity index (χ0) is 15.5. The summed E-state index contributed by atoms with van der Waals surface area (Å²) in [6, 6.07) is 13.7. The van der Waals surface area contributed by atoms with E-state index in [1.807, 2.05) is 49.5 Å². The molecule has 0 bridgehead atoms. The number of benzene rings is 2. The molecule has 1 aromatic heterocycles. The Kier molecular flexibility index (Phi) is 3.89. The number of ether oxygens (including phenoxy) is 1. The molecule has 3 aromatic rings. The molecule has 5 heteroatoms. The van der Waals surface area contributed by atoms with Crippen LogP contribution < -0.4 is 11.1 Å². The van der Waals surface area contributed by atoms with E-state index in [9.17, 15) is 0 Å². The van der Waals surface area contributed by atoms with Crippen LogP contribution in [0.2, 0.25) is 0 Å². The summed E-state index contributed by atoms with van der Waals surface area (Å²) in [6.07, 6.45) is 0. The third kappa shape index (κ3) is 2.71. The van der Waals surface area contributed by atoms with Gasteiger partial charge in [0.05, 0.1) is 12.1 Å². The van der Waals surface area contributed by atoms with Gasteiger partial charge in [0.1, 0.15) is 5.82 Å². The van der Waals surface area contributed by atoms with Crippen molar-refractivity contribution in [2.75, 3.05) is 25.2 Å². The topological polar surface area (TPSA) is 73.1 Å². The fourth-order valence-corrected chi connectivity index (χ4v) is 2.43. The van der Waals surface area contributed by atoms with Crippen LogP contribution in [0.4, 0.5) is 11.5 Å². The molecule has 0 aliphatic rings. The molecular weight excluding hydrogens is 276 g/mol. The van der Waals surface area contributed by atoms with Gasteiger partial charge in [0.2, 0.25) is 0 Å². The number of nitrogens with zero attached hydrogens (tertiary/aromatic N) is 2. The van der Waals surface area contributed by atoms with Crippen LogP contribution in [-0.2, 0) is 11.3 Å². The lowest BCUT2D eigenvalue weighted by Crippen LogP contribution is -2.00. The molecule has 0 aliphatic carbocycles. The van der Waals surface area contributed by atoms with Crippen molar-refractivity contribution in [3.63, 3.8) is 0 Å². The molecular formula is C17H18N4O. The van der Waals surface area contributed by atoms with Crippen LogP contribution >= 0.6 is 0 Å². The Balaban J connectivity index is 2.16. The van der Waals surface area contributed by atoms with Gasteiger partial charge >= 0.3 is 0 Å². The molecule has 0 fully saturated rings. The first-order chi connectivity index (χ1) is 10.7. The van der Waals surface area contributed by atoms with Crippen molar-refractivity contribution in [3.8, 4) is 11.4 Å². The lowest BCUT2D eigenvalue weighted by molar-refractivity contribution is 0.185. The monoisotopic (exact) mass is 294 g/mol. The van der Waals surface area contributed by atoms with Gasteiger partial charge in [0.25, 0.3) is 0 Å². The van der Waals surface area contributed by atoms with Gasteiger partial charge in [0.15, 0.2) is 5.82 Å². The summed E-state index contributed by atoms with van der Waals surface area (Å²) in [5, 5.41) is 4.08. The van der Waals surface area contributed by atoms with Crippen molar-refractivity contribution in [3.05, 3.63) is 48.0 Å². The maximum Gasteiger partial charge on any atom is 0.162 e. The molecule has 0 saturated heterocycles. The minimum atomic E-state index is 0.563. The van der Waals surface area contributed by atoms with Crippen LogP contribution in [0.5, 0.6) is 0 Å². The summed E-state index contributed by atoms with van der Waals surface area (Å²) in [4.78, 5) is 9.26. The molecule has 0 amide bonds. The molecule has 1 heterocycles. The maximum atomic E-state index is 5.87. The highest BCUT2D eigenvalue weighted by molar-refractivity contribution is 5.92. The number of nitrogen functional groups attached to an aromatic ring is 1. The van der Waals surface area contributed by atoms with Crippen LogP contribution in [0.1, 0.15) is 5.56 Å². The van der Waals surface area contributed by atoms with E-state index in [-0.39, 0.29) is 0 Å². The number of anilines is 2. The van der Waals surface area contributed by atoms with Crippen molar-refractivity contribution in [2.24, 2.45) is 0 Å². The summed E-state index contributed by atoms with van der Waals surface area (Å²) in [6.45, 7) is 0.563. The van der Waals surface area contributed by atoms with Crippen molar-refractivity contribution < 1.29 is 4.74 Å². The van der Waals surface area contributed by atoms with Crippen LogP contribution in [0.15, 0.2) is 42.5 Å². The maximum absolute atomic E-state index is 5.87. The van der Waals surface area contributed by atoms with E-state index < -0.39 is 0 Å². The van der Waals surface area contributed by atoms with E-state index in [1.54, 1.807) is 7.11 Å². The molecule has 3 N–H and O–H groups in total. The van der Waals surface area contributed by atoms with E-state index >= 15 is 0 Å². The number of hydrogen-bond donors (Lipinski definition) is 2. The normalized spacial score (nSPS) is 10.8. The second kappa shape index (κ2) is 5.99. The van der Waals surface area contributed by atoms with Gasteiger partial charge in [-0.1, -0.05) is 18.2 Å². The first kappa shape index (κ1) is 14.3. The van der Waals surface area contributed by atoms with Gasteiger partial charge in [-0.25, -0.2) is 9.97 Å². The molecule has 2 aromatic carbocycles. The van der Waals surface area contributed by atoms with Crippen molar-refractivity contribution in [2.45, 2.75) is 6.61 Å². The standard InChI is InChI=1S/C17H18N4O/c1-19-17-14-7-6-13(18)9-15(14)20-16(21-17)12-5-3-4-11(8-12)10-22-2/h3-9H,10,18H2,1-2H3,(H,19,20,21).